The molecule has 3 rings (SSSR count). The Morgan fingerprint density at radius 3 is 2.63 bits per heavy atom. The van der Waals surface area contributed by atoms with Crippen LogP contribution in [0.15, 0.2) is 48.8 Å². The summed E-state index contributed by atoms with van der Waals surface area (Å²) in [7, 11) is 0. The van der Waals surface area contributed by atoms with Crippen molar-refractivity contribution in [1.82, 2.24) is 15.6 Å². The molecular formula is C19H24Cl2N4O2. The Labute approximate surface area is 171 Å². The first-order valence-electron chi connectivity index (χ1n) is 8.53. The van der Waals surface area contributed by atoms with Gasteiger partial charge >= 0.3 is 0 Å². The first-order valence-corrected chi connectivity index (χ1v) is 8.53. The maximum atomic E-state index is 12.3. The minimum absolute atomic E-state index is 0. The van der Waals surface area contributed by atoms with E-state index in [-0.39, 0.29) is 36.6 Å². The highest BCUT2D eigenvalue weighted by molar-refractivity contribution is 6.04. The molecule has 2 heterocycles. The van der Waals surface area contributed by atoms with Gasteiger partial charge in [-0.25, -0.2) is 0 Å². The number of benzene rings is 1. The van der Waals surface area contributed by atoms with Crippen molar-refractivity contribution in [3.05, 3.63) is 59.9 Å². The maximum absolute atomic E-state index is 12.3. The van der Waals surface area contributed by atoms with Crippen LogP contribution in [0.2, 0.25) is 0 Å². The lowest BCUT2D eigenvalue weighted by atomic mass is 10.1. The summed E-state index contributed by atoms with van der Waals surface area (Å²) in [6.45, 7) is 2.76. The SMILES string of the molecule is Cl.Cl.O=C(NCCC1CCNC1)c1cccc(NC(=O)c2cccnc2)c1. The highest BCUT2D eigenvalue weighted by atomic mass is 35.5. The zero-order chi connectivity index (χ0) is 17.5. The van der Waals surface area contributed by atoms with Crippen molar-refractivity contribution < 1.29 is 9.59 Å². The monoisotopic (exact) mass is 410 g/mol. The number of carbonyl (C=O) groups excluding carboxylic acids is 2. The van der Waals surface area contributed by atoms with E-state index in [0.717, 1.165) is 19.5 Å². The molecule has 1 aliphatic heterocycles. The van der Waals surface area contributed by atoms with Crippen LogP contribution in [0.5, 0.6) is 0 Å². The lowest BCUT2D eigenvalue weighted by Crippen LogP contribution is -2.26. The number of halogens is 2. The molecule has 1 fully saturated rings. The first-order chi connectivity index (χ1) is 12.2. The molecule has 1 saturated heterocycles. The van der Waals surface area contributed by atoms with E-state index in [2.05, 4.69) is 20.9 Å². The average molecular weight is 411 g/mol. The summed E-state index contributed by atoms with van der Waals surface area (Å²) >= 11 is 0. The normalized spacial score (nSPS) is 15.2. The van der Waals surface area contributed by atoms with Gasteiger partial charge in [-0.2, -0.15) is 0 Å². The van der Waals surface area contributed by atoms with Crippen molar-refractivity contribution in [1.29, 1.82) is 0 Å². The van der Waals surface area contributed by atoms with E-state index >= 15 is 0 Å². The highest BCUT2D eigenvalue weighted by Crippen LogP contribution is 2.13. The molecule has 3 N–H and O–H groups in total. The summed E-state index contributed by atoms with van der Waals surface area (Å²) in [6, 6.07) is 10.3. The third kappa shape index (κ3) is 6.82. The molecule has 1 aliphatic rings. The Hall–Kier alpha value is -2.15. The van der Waals surface area contributed by atoms with E-state index < -0.39 is 0 Å². The zero-order valence-electron chi connectivity index (χ0n) is 14.8. The smallest absolute Gasteiger partial charge is 0.257 e. The molecule has 0 saturated carbocycles. The second-order valence-electron chi connectivity index (χ2n) is 6.18. The Balaban J connectivity index is 0.00000182. The molecule has 0 radical (unpaired) electrons. The highest BCUT2D eigenvalue weighted by Gasteiger charge is 2.14. The number of anilines is 1. The van der Waals surface area contributed by atoms with Crippen LogP contribution in [-0.2, 0) is 0 Å². The third-order valence-corrected chi connectivity index (χ3v) is 4.31. The number of aromatic nitrogens is 1. The molecule has 0 aliphatic carbocycles. The number of pyridine rings is 1. The number of rotatable bonds is 6. The number of nitrogens with one attached hydrogen (secondary N) is 3. The number of nitrogens with zero attached hydrogens (tertiary/aromatic N) is 1. The second-order valence-corrected chi connectivity index (χ2v) is 6.18. The van der Waals surface area contributed by atoms with Crippen molar-refractivity contribution in [2.24, 2.45) is 5.92 Å². The fraction of sp³-hybridized carbons (Fsp3) is 0.316. The Bertz CT molecular complexity index is 737. The third-order valence-electron chi connectivity index (χ3n) is 4.31. The molecular weight excluding hydrogens is 387 g/mol. The molecule has 1 atom stereocenters. The van der Waals surface area contributed by atoms with E-state index in [1.165, 1.54) is 12.6 Å². The van der Waals surface area contributed by atoms with Crippen LogP contribution >= 0.6 is 24.8 Å². The van der Waals surface area contributed by atoms with E-state index in [1.807, 2.05) is 0 Å². The molecule has 6 nitrogen and oxygen atoms in total. The fourth-order valence-electron chi connectivity index (χ4n) is 2.89. The van der Waals surface area contributed by atoms with Crippen LogP contribution in [0.1, 0.15) is 33.6 Å². The minimum atomic E-state index is -0.251. The van der Waals surface area contributed by atoms with Gasteiger partial charge < -0.3 is 16.0 Å². The van der Waals surface area contributed by atoms with Gasteiger partial charge in [0.25, 0.3) is 11.8 Å². The van der Waals surface area contributed by atoms with Crippen LogP contribution in [-0.4, -0.2) is 36.4 Å². The maximum Gasteiger partial charge on any atom is 0.257 e. The van der Waals surface area contributed by atoms with Gasteiger partial charge in [-0.15, -0.1) is 24.8 Å². The van der Waals surface area contributed by atoms with Crippen LogP contribution in [0.25, 0.3) is 0 Å². The van der Waals surface area contributed by atoms with Gasteiger partial charge in [-0.1, -0.05) is 6.07 Å². The molecule has 1 aromatic heterocycles. The van der Waals surface area contributed by atoms with Gasteiger partial charge in [-0.05, 0) is 62.2 Å². The predicted octanol–water partition coefficient (Wildman–Crippen LogP) is 2.91. The van der Waals surface area contributed by atoms with Crippen molar-refractivity contribution in [2.75, 3.05) is 25.0 Å². The van der Waals surface area contributed by atoms with E-state index in [0.29, 0.717) is 29.3 Å². The molecule has 8 heteroatoms. The van der Waals surface area contributed by atoms with Crippen LogP contribution in [0.4, 0.5) is 5.69 Å². The first kappa shape index (κ1) is 22.9. The summed E-state index contributed by atoms with van der Waals surface area (Å²) in [5, 5.41) is 9.06. The zero-order valence-corrected chi connectivity index (χ0v) is 16.4. The quantitative estimate of drug-likeness (QED) is 0.683. The van der Waals surface area contributed by atoms with Gasteiger partial charge in [0.15, 0.2) is 0 Å². The lowest BCUT2D eigenvalue weighted by molar-refractivity contribution is 0.0950. The molecule has 0 spiro atoms. The topological polar surface area (TPSA) is 83.1 Å². The number of amides is 2. The van der Waals surface area contributed by atoms with Crippen molar-refractivity contribution in [3.63, 3.8) is 0 Å². The molecule has 27 heavy (non-hydrogen) atoms. The summed E-state index contributed by atoms with van der Waals surface area (Å²) in [6.07, 6.45) is 5.27. The number of hydrogen-bond donors (Lipinski definition) is 3. The van der Waals surface area contributed by atoms with E-state index in [4.69, 9.17) is 0 Å². The standard InChI is InChI=1S/C19H22N4O2.2ClH/c24-18(22-10-7-14-6-9-21-12-14)15-3-1-5-17(11-15)23-19(25)16-4-2-8-20-13-16;;/h1-5,8,11,13-14,21H,6-7,9-10,12H2,(H,22,24)(H,23,25);2*1H. The summed E-state index contributed by atoms with van der Waals surface area (Å²) in [5.41, 5.74) is 1.59. The van der Waals surface area contributed by atoms with Gasteiger partial charge in [-0.3, -0.25) is 14.6 Å². The molecule has 2 amide bonds. The number of carbonyl (C=O) groups is 2. The number of hydrogen-bond acceptors (Lipinski definition) is 4. The largest absolute Gasteiger partial charge is 0.352 e. The summed E-state index contributed by atoms with van der Waals surface area (Å²) < 4.78 is 0. The second kappa shape index (κ2) is 11.5. The van der Waals surface area contributed by atoms with Crippen LogP contribution < -0.4 is 16.0 Å². The molecule has 1 unspecified atom stereocenters. The Kier molecular flexibility index (Phi) is 9.78. The van der Waals surface area contributed by atoms with Gasteiger partial charge in [0.1, 0.15) is 0 Å². The van der Waals surface area contributed by atoms with Crippen LogP contribution in [0.3, 0.4) is 0 Å². The van der Waals surface area contributed by atoms with E-state index in [9.17, 15) is 9.59 Å². The average Bonchev–Trinajstić information content (AvgIpc) is 3.16. The van der Waals surface area contributed by atoms with Crippen molar-refractivity contribution in [2.45, 2.75) is 12.8 Å². The van der Waals surface area contributed by atoms with Crippen LogP contribution in [0, 0.1) is 5.92 Å². The van der Waals surface area contributed by atoms with Gasteiger partial charge in [0, 0.05) is 30.2 Å². The molecule has 2 aromatic rings. The molecule has 0 bridgehead atoms. The van der Waals surface area contributed by atoms with Crippen molar-refractivity contribution >= 4 is 42.3 Å². The van der Waals surface area contributed by atoms with Gasteiger partial charge in [0.05, 0.1) is 5.56 Å². The Morgan fingerprint density at radius 2 is 1.93 bits per heavy atom. The lowest BCUT2D eigenvalue weighted by Gasteiger charge is -2.10. The molecule has 1 aromatic carbocycles. The minimum Gasteiger partial charge on any atom is -0.352 e. The van der Waals surface area contributed by atoms with Gasteiger partial charge in [0.2, 0.25) is 0 Å². The van der Waals surface area contributed by atoms with Crippen molar-refractivity contribution in [3.8, 4) is 0 Å². The fourth-order valence-corrected chi connectivity index (χ4v) is 2.89. The predicted molar refractivity (Wildman–Crippen MR) is 111 cm³/mol. The molecule has 146 valence electrons. The Morgan fingerprint density at radius 1 is 1.11 bits per heavy atom. The van der Waals surface area contributed by atoms with E-state index in [1.54, 1.807) is 42.6 Å². The summed E-state index contributed by atoms with van der Waals surface area (Å²) in [5.74, 6) is 0.272. The summed E-state index contributed by atoms with van der Waals surface area (Å²) in [4.78, 5) is 28.4.